The van der Waals surface area contributed by atoms with Crippen molar-refractivity contribution in [2.75, 3.05) is 6.54 Å². The molecule has 0 saturated heterocycles. The fourth-order valence-electron chi connectivity index (χ4n) is 1.35. The third-order valence-electron chi connectivity index (χ3n) is 2.05. The molecule has 0 spiro atoms. The molecular weight excluding hydrogens is 180 g/mol. The van der Waals surface area contributed by atoms with Crippen LogP contribution in [0, 0.1) is 0 Å². The first-order valence-electron chi connectivity index (χ1n) is 4.32. The molecule has 2 rings (SSSR count). The summed E-state index contributed by atoms with van der Waals surface area (Å²) in [6.07, 6.45) is 4.16. The molecule has 0 atom stereocenters. The van der Waals surface area contributed by atoms with E-state index in [4.69, 9.17) is 5.73 Å². The van der Waals surface area contributed by atoms with Crippen LogP contribution < -0.4 is 5.73 Å². The van der Waals surface area contributed by atoms with Crippen molar-refractivity contribution in [1.82, 2.24) is 9.99 Å². The first-order valence-corrected chi connectivity index (χ1v) is 4.32. The monoisotopic (exact) mass is 190 g/mol. The largest absolute Gasteiger partial charge is 0.350 e. The number of hydrogen-bond acceptors (Lipinski definition) is 3. The summed E-state index contributed by atoms with van der Waals surface area (Å²) in [5.74, 6) is 0. The summed E-state index contributed by atoms with van der Waals surface area (Å²) in [7, 11) is 0. The van der Waals surface area contributed by atoms with Gasteiger partial charge in [-0.3, -0.25) is 4.98 Å². The van der Waals surface area contributed by atoms with Crippen molar-refractivity contribution < 1.29 is 4.79 Å². The molecule has 0 radical (unpaired) electrons. The van der Waals surface area contributed by atoms with Crippen molar-refractivity contribution in [1.29, 1.82) is 0 Å². The highest BCUT2D eigenvalue weighted by Gasteiger charge is 2.18. The van der Waals surface area contributed by atoms with Crippen LogP contribution in [0.15, 0.2) is 29.6 Å². The smallest absolute Gasteiger partial charge is 0.335 e. The van der Waals surface area contributed by atoms with E-state index in [-0.39, 0.29) is 0 Å². The molecule has 1 aromatic rings. The Morgan fingerprint density at radius 2 is 2.43 bits per heavy atom. The number of nitrogens with zero attached hydrogens (tertiary/aromatic N) is 3. The van der Waals surface area contributed by atoms with Crippen molar-refractivity contribution in [3.63, 3.8) is 0 Å². The molecule has 5 heteroatoms. The summed E-state index contributed by atoms with van der Waals surface area (Å²) in [6.45, 7) is 0.555. The van der Waals surface area contributed by atoms with Crippen LogP contribution in [0.1, 0.15) is 12.0 Å². The third kappa shape index (κ3) is 1.56. The van der Waals surface area contributed by atoms with Crippen LogP contribution in [0.4, 0.5) is 4.79 Å². The average molecular weight is 190 g/mol. The van der Waals surface area contributed by atoms with Gasteiger partial charge in [0.05, 0.1) is 12.3 Å². The van der Waals surface area contributed by atoms with Crippen molar-refractivity contribution in [3.05, 3.63) is 30.1 Å². The lowest BCUT2D eigenvalue weighted by Gasteiger charge is -2.04. The lowest BCUT2D eigenvalue weighted by Crippen LogP contribution is -2.29. The number of pyridine rings is 1. The number of urea groups is 1. The van der Waals surface area contributed by atoms with E-state index in [9.17, 15) is 4.79 Å². The van der Waals surface area contributed by atoms with Gasteiger partial charge in [0.25, 0.3) is 0 Å². The van der Waals surface area contributed by atoms with Gasteiger partial charge in [-0.05, 0) is 6.07 Å². The summed E-state index contributed by atoms with van der Waals surface area (Å²) in [6, 6.07) is 3.24. The average Bonchev–Trinajstić information content (AvgIpc) is 2.68. The predicted molar refractivity (Wildman–Crippen MR) is 51.7 cm³/mol. The minimum atomic E-state index is -0.510. The molecule has 1 aromatic heterocycles. The van der Waals surface area contributed by atoms with E-state index < -0.39 is 6.03 Å². The normalized spacial score (nSPS) is 15.4. The highest BCUT2D eigenvalue weighted by Crippen LogP contribution is 2.11. The Kier molecular flexibility index (Phi) is 2.14. The molecule has 1 aliphatic rings. The molecule has 2 N–H and O–H groups in total. The summed E-state index contributed by atoms with van der Waals surface area (Å²) in [4.78, 5) is 14.8. The SMILES string of the molecule is NC(=O)N1CCC(c2cccnc2)=N1. The highest BCUT2D eigenvalue weighted by atomic mass is 16.2. The number of nitrogens with two attached hydrogens (primary N) is 1. The molecule has 72 valence electrons. The van der Waals surface area contributed by atoms with Crippen LogP contribution in [0.2, 0.25) is 0 Å². The van der Waals surface area contributed by atoms with E-state index in [2.05, 4.69) is 10.1 Å². The summed E-state index contributed by atoms with van der Waals surface area (Å²) >= 11 is 0. The lowest BCUT2D eigenvalue weighted by atomic mass is 10.1. The van der Waals surface area contributed by atoms with Crippen LogP contribution in [-0.2, 0) is 0 Å². The van der Waals surface area contributed by atoms with Crippen LogP contribution in [0.25, 0.3) is 0 Å². The van der Waals surface area contributed by atoms with Crippen molar-refractivity contribution >= 4 is 11.7 Å². The minimum absolute atomic E-state index is 0.510. The van der Waals surface area contributed by atoms with Gasteiger partial charge in [-0.1, -0.05) is 6.07 Å². The standard InChI is InChI=1S/C9H10N4O/c10-9(14)13-5-3-8(12-13)7-2-1-4-11-6-7/h1-2,4,6H,3,5H2,(H2,10,14). The molecule has 2 heterocycles. The van der Waals surface area contributed by atoms with Gasteiger partial charge in [0, 0.05) is 24.4 Å². The van der Waals surface area contributed by atoms with Gasteiger partial charge < -0.3 is 5.73 Å². The number of primary amides is 1. The number of carbonyl (C=O) groups excluding carboxylic acids is 1. The first-order chi connectivity index (χ1) is 6.77. The molecule has 14 heavy (non-hydrogen) atoms. The van der Waals surface area contributed by atoms with Gasteiger partial charge in [-0.2, -0.15) is 5.10 Å². The maximum atomic E-state index is 10.8. The second kappa shape index (κ2) is 3.45. The van der Waals surface area contributed by atoms with Crippen LogP contribution in [-0.4, -0.2) is 28.3 Å². The minimum Gasteiger partial charge on any atom is -0.350 e. The zero-order chi connectivity index (χ0) is 9.97. The number of amides is 2. The van der Waals surface area contributed by atoms with E-state index in [0.29, 0.717) is 6.54 Å². The second-order valence-corrected chi connectivity index (χ2v) is 3.00. The molecule has 0 aromatic carbocycles. The fourth-order valence-corrected chi connectivity index (χ4v) is 1.35. The van der Waals surface area contributed by atoms with Gasteiger partial charge in [0.15, 0.2) is 0 Å². The van der Waals surface area contributed by atoms with Gasteiger partial charge in [-0.25, -0.2) is 9.80 Å². The van der Waals surface area contributed by atoms with E-state index in [0.717, 1.165) is 17.7 Å². The summed E-state index contributed by atoms with van der Waals surface area (Å²) in [5, 5.41) is 5.36. The summed E-state index contributed by atoms with van der Waals surface area (Å²) < 4.78 is 0. The summed E-state index contributed by atoms with van der Waals surface area (Å²) in [5.41, 5.74) is 6.90. The number of rotatable bonds is 1. The molecular formula is C9H10N4O. The number of carbonyl (C=O) groups is 1. The molecule has 0 fully saturated rings. The second-order valence-electron chi connectivity index (χ2n) is 3.00. The Hall–Kier alpha value is -1.91. The maximum Gasteiger partial charge on any atom is 0.335 e. The fraction of sp³-hybridized carbons (Fsp3) is 0.222. The third-order valence-corrected chi connectivity index (χ3v) is 2.05. The quantitative estimate of drug-likeness (QED) is 0.703. The van der Waals surface area contributed by atoms with Crippen molar-refractivity contribution in [3.8, 4) is 0 Å². The molecule has 0 unspecified atom stereocenters. The lowest BCUT2D eigenvalue weighted by molar-refractivity contribution is 0.215. The Labute approximate surface area is 81.2 Å². The topological polar surface area (TPSA) is 71.6 Å². The van der Waals surface area contributed by atoms with E-state index in [1.165, 1.54) is 5.01 Å². The molecule has 5 nitrogen and oxygen atoms in total. The molecule has 1 aliphatic heterocycles. The molecule has 2 amide bonds. The van der Waals surface area contributed by atoms with Gasteiger partial charge in [0.1, 0.15) is 0 Å². The Morgan fingerprint density at radius 1 is 1.57 bits per heavy atom. The molecule has 0 bridgehead atoms. The van der Waals surface area contributed by atoms with Gasteiger partial charge >= 0.3 is 6.03 Å². The number of hydrazone groups is 1. The zero-order valence-corrected chi connectivity index (χ0v) is 7.55. The zero-order valence-electron chi connectivity index (χ0n) is 7.55. The number of aromatic nitrogens is 1. The van der Waals surface area contributed by atoms with Crippen LogP contribution in [0.5, 0.6) is 0 Å². The van der Waals surface area contributed by atoms with Crippen molar-refractivity contribution in [2.24, 2.45) is 10.8 Å². The molecule has 0 saturated carbocycles. The van der Waals surface area contributed by atoms with E-state index >= 15 is 0 Å². The Morgan fingerprint density at radius 3 is 3.00 bits per heavy atom. The predicted octanol–water partition coefficient (Wildman–Crippen LogP) is 0.570. The molecule has 0 aliphatic carbocycles. The first kappa shape index (κ1) is 8.68. The Bertz CT molecular complexity index is 374. The van der Waals surface area contributed by atoms with Gasteiger partial charge in [-0.15, -0.1) is 0 Å². The van der Waals surface area contributed by atoms with Crippen LogP contribution in [0.3, 0.4) is 0 Å². The Balaban J connectivity index is 2.22. The van der Waals surface area contributed by atoms with E-state index in [1.54, 1.807) is 12.4 Å². The number of hydrogen-bond donors (Lipinski definition) is 1. The van der Waals surface area contributed by atoms with Crippen molar-refractivity contribution in [2.45, 2.75) is 6.42 Å². The van der Waals surface area contributed by atoms with Crippen LogP contribution >= 0.6 is 0 Å². The highest BCUT2D eigenvalue weighted by molar-refractivity contribution is 6.02. The van der Waals surface area contributed by atoms with E-state index in [1.807, 2.05) is 12.1 Å². The van der Waals surface area contributed by atoms with Gasteiger partial charge in [0.2, 0.25) is 0 Å². The maximum absolute atomic E-state index is 10.8.